The van der Waals surface area contributed by atoms with Crippen LogP contribution in [0.5, 0.6) is 0 Å². The van der Waals surface area contributed by atoms with Gasteiger partial charge in [-0.15, -0.1) is 0 Å². The molecule has 1 aromatic carbocycles. The second-order valence-electron chi connectivity index (χ2n) is 4.45. The lowest BCUT2D eigenvalue weighted by Crippen LogP contribution is -2.40. The first kappa shape index (κ1) is 12.4. The van der Waals surface area contributed by atoms with Gasteiger partial charge in [0.05, 0.1) is 12.1 Å². The van der Waals surface area contributed by atoms with E-state index in [0.717, 1.165) is 5.56 Å². The van der Waals surface area contributed by atoms with Crippen LogP contribution in [-0.2, 0) is 6.42 Å². The third-order valence-corrected chi connectivity index (χ3v) is 3.14. The van der Waals surface area contributed by atoms with Gasteiger partial charge in [0.25, 0.3) is 0 Å². The Kier molecular flexibility index (Phi) is 3.40. The van der Waals surface area contributed by atoms with Crippen molar-refractivity contribution in [2.45, 2.75) is 31.2 Å². The molecular weight excluding hydrogens is 229 g/mol. The number of rotatable bonds is 2. The highest BCUT2D eigenvalue weighted by Crippen LogP contribution is 2.36. The fraction of sp³-hybridized carbons (Fsp3) is 0.500. The lowest BCUT2D eigenvalue weighted by atomic mass is 9.94. The van der Waals surface area contributed by atoms with E-state index in [-0.39, 0.29) is 6.42 Å². The van der Waals surface area contributed by atoms with Crippen LogP contribution in [0.4, 0.5) is 13.2 Å². The Labute approximate surface area is 98.0 Å². The molecule has 1 saturated heterocycles. The molecule has 17 heavy (non-hydrogen) atoms. The molecule has 2 nitrogen and oxygen atoms in total. The van der Waals surface area contributed by atoms with Crippen molar-refractivity contribution in [3.05, 3.63) is 35.9 Å². The number of benzene rings is 1. The third-order valence-electron chi connectivity index (χ3n) is 3.14. The van der Waals surface area contributed by atoms with Crippen molar-refractivity contribution in [2.24, 2.45) is 11.7 Å². The average Bonchev–Trinajstić information content (AvgIpc) is 2.60. The molecule has 1 aliphatic rings. The molecule has 3 atom stereocenters. The van der Waals surface area contributed by atoms with Gasteiger partial charge < -0.3 is 5.73 Å². The van der Waals surface area contributed by atoms with Crippen molar-refractivity contribution < 1.29 is 13.2 Å². The zero-order valence-corrected chi connectivity index (χ0v) is 9.24. The van der Waals surface area contributed by atoms with Crippen LogP contribution in [-0.4, -0.2) is 18.4 Å². The first-order chi connectivity index (χ1) is 7.97. The maximum Gasteiger partial charge on any atom is 0.393 e. The van der Waals surface area contributed by atoms with E-state index in [1.165, 1.54) is 0 Å². The van der Waals surface area contributed by atoms with Crippen molar-refractivity contribution >= 4 is 0 Å². The van der Waals surface area contributed by atoms with E-state index in [9.17, 15) is 13.2 Å². The maximum absolute atomic E-state index is 12.8. The van der Waals surface area contributed by atoms with E-state index in [4.69, 9.17) is 5.73 Å². The summed E-state index contributed by atoms with van der Waals surface area (Å²) in [6, 6.07) is 8.54. The predicted octanol–water partition coefficient (Wildman–Crippen LogP) is 2.05. The highest BCUT2D eigenvalue weighted by molar-refractivity contribution is 5.17. The summed E-state index contributed by atoms with van der Waals surface area (Å²) in [7, 11) is 0. The first-order valence-corrected chi connectivity index (χ1v) is 5.59. The van der Waals surface area contributed by atoms with Crippen LogP contribution < -0.4 is 11.1 Å². The van der Waals surface area contributed by atoms with Gasteiger partial charge >= 0.3 is 6.18 Å². The minimum Gasteiger partial charge on any atom is -0.316 e. The molecule has 5 heteroatoms. The van der Waals surface area contributed by atoms with Gasteiger partial charge in [0, 0.05) is 6.04 Å². The molecule has 3 N–H and O–H groups in total. The zero-order chi connectivity index (χ0) is 12.5. The molecular formula is C12H15F3N2. The molecule has 0 bridgehead atoms. The van der Waals surface area contributed by atoms with Crippen LogP contribution in [0.15, 0.2) is 30.3 Å². The molecule has 0 aliphatic carbocycles. The summed E-state index contributed by atoms with van der Waals surface area (Å²) in [5.74, 6) is -1.35. The van der Waals surface area contributed by atoms with Gasteiger partial charge in [0.15, 0.2) is 0 Å². The highest BCUT2D eigenvalue weighted by Gasteiger charge is 2.49. The van der Waals surface area contributed by atoms with Crippen LogP contribution >= 0.6 is 0 Å². The lowest BCUT2D eigenvalue weighted by molar-refractivity contribution is -0.176. The maximum atomic E-state index is 12.8. The summed E-state index contributed by atoms with van der Waals surface area (Å²) in [5.41, 5.74) is 6.45. The molecule has 1 aliphatic heterocycles. The van der Waals surface area contributed by atoms with E-state index in [0.29, 0.717) is 6.42 Å². The Bertz CT molecular complexity index is 364. The highest BCUT2D eigenvalue weighted by atomic mass is 19.4. The van der Waals surface area contributed by atoms with Crippen LogP contribution in [0.25, 0.3) is 0 Å². The molecule has 0 aromatic heterocycles. The number of alkyl halides is 3. The Morgan fingerprint density at radius 3 is 2.47 bits per heavy atom. The smallest absolute Gasteiger partial charge is 0.316 e. The Morgan fingerprint density at radius 1 is 1.24 bits per heavy atom. The summed E-state index contributed by atoms with van der Waals surface area (Å²) in [4.78, 5) is 0. The summed E-state index contributed by atoms with van der Waals surface area (Å²) < 4.78 is 38.4. The van der Waals surface area contributed by atoms with Crippen molar-refractivity contribution in [1.82, 2.24) is 5.32 Å². The van der Waals surface area contributed by atoms with Gasteiger partial charge in [0.1, 0.15) is 0 Å². The number of nitrogens with two attached hydrogens (primary N) is 1. The normalized spacial score (nSPS) is 29.5. The molecule has 1 fully saturated rings. The SMILES string of the molecule is N[C@@H]1C[C@@H](C(F)(F)F)C(Cc2ccccc2)N1. The van der Waals surface area contributed by atoms with Crippen LogP contribution in [0, 0.1) is 5.92 Å². The van der Waals surface area contributed by atoms with E-state index in [2.05, 4.69) is 5.32 Å². The number of hydrogen-bond donors (Lipinski definition) is 2. The molecule has 0 saturated carbocycles. The van der Waals surface area contributed by atoms with E-state index in [1.807, 2.05) is 30.3 Å². The van der Waals surface area contributed by atoms with Gasteiger partial charge in [-0.2, -0.15) is 13.2 Å². The van der Waals surface area contributed by atoms with Crippen LogP contribution in [0.1, 0.15) is 12.0 Å². The number of nitrogens with one attached hydrogen (secondary N) is 1. The average molecular weight is 244 g/mol. The second-order valence-corrected chi connectivity index (χ2v) is 4.45. The molecule has 2 rings (SSSR count). The topological polar surface area (TPSA) is 38.0 Å². The minimum atomic E-state index is -4.18. The van der Waals surface area contributed by atoms with Crippen molar-refractivity contribution in [3.8, 4) is 0 Å². The summed E-state index contributed by atoms with van der Waals surface area (Å²) in [6.07, 6.45) is -4.42. The standard InChI is InChI=1S/C12H15F3N2/c13-12(14,15)9-7-11(16)17-10(9)6-8-4-2-1-3-5-8/h1-5,9-11,17H,6-7,16H2/t9-,10?,11+/m1/s1. The van der Waals surface area contributed by atoms with Crippen molar-refractivity contribution in [3.63, 3.8) is 0 Å². The summed E-state index contributed by atoms with van der Waals surface area (Å²) in [6.45, 7) is 0. The summed E-state index contributed by atoms with van der Waals surface area (Å²) in [5, 5.41) is 2.82. The Morgan fingerprint density at radius 2 is 1.88 bits per heavy atom. The molecule has 1 aromatic rings. The monoisotopic (exact) mass is 244 g/mol. The molecule has 94 valence electrons. The number of hydrogen-bond acceptors (Lipinski definition) is 2. The third kappa shape index (κ3) is 2.98. The molecule has 0 radical (unpaired) electrons. The predicted molar refractivity (Wildman–Crippen MR) is 59.2 cm³/mol. The molecule has 0 amide bonds. The Hall–Kier alpha value is -1.07. The van der Waals surface area contributed by atoms with E-state index < -0.39 is 24.3 Å². The largest absolute Gasteiger partial charge is 0.393 e. The quantitative estimate of drug-likeness (QED) is 0.835. The fourth-order valence-electron chi connectivity index (χ4n) is 2.33. The zero-order valence-electron chi connectivity index (χ0n) is 9.24. The summed E-state index contributed by atoms with van der Waals surface area (Å²) >= 11 is 0. The van der Waals surface area contributed by atoms with Gasteiger partial charge in [-0.05, 0) is 18.4 Å². The van der Waals surface area contributed by atoms with Crippen molar-refractivity contribution in [1.29, 1.82) is 0 Å². The molecule has 1 unspecified atom stereocenters. The van der Waals surface area contributed by atoms with E-state index in [1.54, 1.807) is 0 Å². The van der Waals surface area contributed by atoms with Crippen LogP contribution in [0.2, 0.25) is 0 Å². The van der Waals surface area contributed by atoms with Crippen molar-refractivity contribution in [2.75, 3.05) is 0 Å². The molecule has 0 spiro atoms. The lowest BCUT2D eigenvalue weighted by Gasteiger charge is -2.21. The van der Waals surface area contributed by atoms with E-state index >= 15 is 0 Å². The van der Waals surface area contributed by atoms with Gasteiger partial charge in [0.2, 0.25) is 0 Å². The molecule has 1 heterocycles. The van der Waals surface area contributed by atoms with Gasteiger partial charge in [-0.1, -0.05) is 30.3 Å². The second kappa shape index (κ2) is 4.66. The minimum absolute atomic E-state index is 0.0407. The first-order valence-electron chi connectivity index (χ1n) is 5.59. The van der Waals surface area contributed by atoms with Crippen LogP contribution in [0.3, 0.4) is 0 Å². The fourth-order valence-corrected chi connectivity index (χ4v) is 2.33. The van der Waals surface area contributed by atoms with Gasteiger partial charge in [-0.3, -0.25) is 5.32 Å². The van der Waals surface area contributed by atoms with Gasteiger partial charge in [-0.25, -0.2) is 0 Å². The number of halogens is 3. The Balaban J connectivity index is 2.09.